The first kappa shape index (κ1) is 25.1. The van der Waals surface area contributed by atoms with Gasteiger partial charge >= 0.3 is 0 Å². The molecule has 3 fully saturated rings. The highest BCUT2D eigenvalue weighted by atomic mass is 127. The molecule has 2 saturated heterocycles. The number of nitrogens with one attached hydrogen (secondary N) is 2. The number of aliphatic imine (C=N–C) groups is 1. The lowest BCUT2D eigenvalue weighted by Crippen LogP contribution is -2.51. The van der Waals surface area contributed by atoms with Gasteiger partial charge in [0, 0.05) is 58.1 Å². The number of nitrogens with zero attached hydrogens (tertiary/aromatic N) is 2. The van der Waals surface area contributed by atoms with Gasteiger partial charge in [0.05, 0.1) is 6.10 Å². The van der Waals surface area contributed by atoms with Crippen LogP contribution in [-0.4, -0.2) is 75.0 Å². The van der Waals surface area contributed by atoms with Crippen LogP contribution >= 0.6 is 24.0 Å². The summed E-state index contributed by atoms with van der Waals surface area (Å²) in [5.41, 5.74) is 0. The second-order valence-corrected chi connectivity index (χ2v) is 8.54. The van der Waals surface area contributed by atoms with Gasteiger partial charge in [0.25, 0.3) is 0 Å². The summed E-state index contributed by atoms with van der Waals surface area (Å²) < 4.78 is 11.3. The smallest absolute Gasteiger partial charge is 0.191 e. The summed E-state index contributed by atoms with van der Waals surface area (Å²) in [6.45, 7) is 8.82. The highest BCUT2D eigenvalue weighted by molar-refractivity contribution is 14.0. The third kappa shape index (κ3) is 9.27. The molecule has 2 N–H and O–H groups in total. The maximum absolute atomic E-state index is 5.95. The van der Waals surface area contributed by atoms with E-state index < -0.39 is 0 Å². The molecule has 1 aliphatic carbocycles. The Morgan fingerprint density at radius 2 is 1.76 bits per heavy atom. The Hall–Kier alpha value is -0.120. The zero-order chi connectivity index (χ0) is 19.4. The van der Waals surface area contributed by atoms with Gasteiger partial charge < -0.3 is 25.0 Å². The van der Waals surface area contributed by atoms with Crippen LogP contribution in [0.3, 0.4) is 0 Å². The minimum Gasteiger partial charge on any atom is -0.381 e. The van der Waals surface area contributed by atoms with Crippen LogP contribution in [0.4, 0.5) is 0 Å². The van der Waals surface area contributed by atoms with Crippen LogP contribution in [-0.2, 0) is 9.47 Å². The molecule has 0 unspecified atom stereocenters. The van der Waals surface area contributed by atoms with Crippen LogP contribution in [0.5, 0.6) is 0 Å². The van der Waals surface area contributed by atoms with Crippen molar-refractivity contribution in [2.75, 3.05) is 46.0 Å². The van der Waals surface area contributed by atoms with Crippen molar-refractivity contribution in [3.63, 3.8) is 0 Å². The molecule has 0 bridgehead atoms. The Kier molecular flexibility index (Phi) is 12.8. The van der Waals surface area contributed by atoms with Crippen LogP contribution < -0.4 is 10.6 Å². The van der Waals surface area contributed by atoms with Crippen LogP contribution in [0.25, 0.3) is 0 Å². The van der Waals surface area contributed by atoms with Crippen molar-refractivity contribution in [1.29, 1.82) is 0 Å². The summed E-state index contributed by atoms with van der Waals surface area (Å²) in [5.74, 6) is 0.977. The van der Waals surface area contributed by atoms with Gasteiger partial charge in [-0.05, 0) is 51.9 Å². The summed E-state index contributed by atoms with van der Waals surface area (Å²) in [6, 6.07) is 1.41. The molecule has 0 aromatic heterocycles. The van der Waals surface area contributed by atoms with Crippen molar-refractivity contribution in [3.8, 4) is 0 Å². The maximum atomic E-state index is 5.95. The number of hydrogen-bond acceptors (Lipinski definition) is 4. The Morgan fingerprint density at radius 1 is 1.03 bits per heavy atom. The molecule has 0 spiro atoms. The van der Waals surface area contributed by atoms with E-state index in [1.54, 1.807) is 0 Å². The van der Waals surface area contributed by atoms with Gasteiger partial charge in [0.1, 0.15) is 0 Å². The SMILES string of the molecule is CCNC(=NCCCOC1CCOCC1)NC1CCN(C2CCCCC2)CC1.I. The molecule has 2 aliphatic heterocycles. The predicted octanol–water partition coefficient (Wildman–Crippen LogP) is 3.54. The highest BCUT2D eigenvalue weighted by Crippen LogP contribution is 2.25. The van der Waals surface area contributed by atoms with E-state index in [1.165, 1.54) is 58.0 Å². The average Bonchev–Trinajstić information content (AvgIpc) is 2.75. The number of rotatable bonds is 8. The number of guanidine groups is 1. The Balaban J connectivity index is 0.00000300. The maximum Gasteiger partial charge on any atom is 0.191 e. The Morgan fingerprint density at radius 3 is 2.45 bits per heavy atom. The van der Waals surface area contributed by atoms with E-state index in [2.05, 4.69) is 22.5 Å². The molecule has 2 heterocycles. The quantitative estimate of drug-likeness (QED) is 0.221. The molecule has 0 radical (unpaired) electrons. The molecule has 6 nitrogen and oxygen atoms in total. The van der Waals surface area contributed by atoms with Gasteiger partial charge in [-0.3, -0.25) is 4.99 Å². The monoisotopic (exact) mass is 522 g/mol. The summed E-state index contributed by atoms with van der Waals surface area (Å²) in [4.78, 5) is 7.52. The van der Waals surface area contributed by atoms with Crippen LogP contribution in [0.1, 0.15) is 71.1 Å². The highest BCUT2D eigenvalue weighted by Gasteiger charge is 2.26. The molecule has 3 rings (SSSR count). The van der Waals surface area contributed by atoms with E-state index in [0.29, 0.717) is 12.1 Å². The summed E-state index contributed by atoms with van der Waals surface area (Å²) in [7, 11) is 0. The van der Waals surface area contributed by atoms with Crippen molar-refractivity contribution in [2.24, 2.45) is 4.99 Å². The first-order valence-corrected chi connectivity index (χ1v) is 11.8. The van der Waals surface area contributed by atoms with E-state index in [1.807, 2.05) is 0 Å². The molecule has 7 heteroatoms. The normalized spacial score (nSPS) is 23.6. The molecular formula is C22H43IN4O2. The number of ether oxygens (including phenoxy) is 2. The van der Waals surface area contributed by atoms with Gasteiger partial charge in [0.15, 0.2) is 5.96 Å². The fourth-order valence-corrected chi connectivity index (χ4v) is 4.72. The van der Waals surface area contributed by atoms with Gasteiger partial charge in [0.2, 0.25) is 0 Å². The van der Waals surface area contributed by atoms with Crippen molar-refractivity contribution < 1.29 is 9.47 Å². The van der Waals surface area contributed by atoms with Crippen LogP contribution in [0.2, 0.25) is 0 Å². The fraction of sp³-hybridized carbons (Fsp3) is 0.955. The molecule has 3 aliphatic rings. The van der Waals surface area contributed by atoms with E-state index in [0.717, 1.165) is 64.2 Å². The molecular weight excluding hydrogens is 479 g/mol. The Labute approximate surface area is 195 Å². The number of piperidine rings is 1. The van der Waals surface area contributed by atoms with E-state index in [-0.39, 0.29) is 24.0 Å². The molecule has 0 atom stereocenters. The number of likely N-dealkylation sites (tertiary alicyclic amines) is 1. The van der Waals surface area contributed by atoms with Gasteiger partial charge in [-0.25, -0.2) is 0 Å². The van der Waals surface area contributed by atoms with Gasteiger partial charge in [-0.2, -0.15) is 0 Å². The van der Waals surface area contributed by atoms with Gasteiger partial charge in [-0.1, -0.05) is 19.3 Å². The lowest BCUT2D eigenvalue weighted by atomic mass is 9.92. The lowest BCUT2D eigenvalue weighted by Gasteiger charge is -2.39. The van der Waals surface area contributed by atoms with Crippen LogP contribution in [0, 0.1) is 0 Å². The molecule has 0 aromatic carbocycles. The number of hydrogen-bond donors (Lipinski definition) is 2. The first-order chi connectivity index (χ1) is 13.8. The molecule has 29 heavy (non-hydrogen) atoms. The summed E-state index contributed by atoms with van der Waals surface area (Å²) in [6.07, 6.45) is 13.0. The summed E-state index contributed by atoms with van der Waals surface area (Å²) in [5, 5.41) is 7.09. The average molecular weight is 523 g/mol. The third-order valence-electron chi connectivity index (χ3n) is 6.40. The fourth-order valence-electron chi connectivity index (χ4n) is 4.72. The minimum atomic E-state index is 0. The van der Waals surface area contributed by atoms with Crippen molar-refractivity contribution in [1.82, 2.24) is 15.5 Å². The van der Waals surface area contributed by atoms with Crippen molar-refractivity contribution in [3.05, 3.63) is 0 Å². The molecule has 0 amide bonds. The van der Waals surface area contributed by atoms with Crippen LogP contribution in [0.15, 0.2) is 4.99 Å². The Bertz CT molecular complexity index is 446. The zero-order valence-electron chi connectivity index (χ0n) is 18.4. The van der Waals surface area contributed by atoms with Crippen molar-refractivity contribution in [2.45, 2.75) is 89.3 Å². The largest absolute Gasteiger partial charge is 0.381 e. The summed E-state index contributed by atoms with van der Waals surface area (Å²) >= 11 is 0. The van der Waals surface area contributed by atoms with Gasteiger partial charge in [-0.15, -0.1) is 24.0 Å². The third-order valence-corrected chi connectivity index (χ3v) is 6.40. The van der Waals surface area contributed by atoms with E-state index in [4.69, 9.17) is 14.5 Å². The van der Waals surface area contributed by atoms with Crippen molar-refractivity contribution >= 4 is 29.9 Å². The number of halogens is 1. The first-order valence-electron chi connectivity index (χ1n) is 11.8. The molecule has 1 saturated carbocycles. The molecule has 170 valence electrons. The predicted molar refractivity (Wildman–Crippen MR) is 130 cm³/mol. The van der Waals surface area contributed by atoms with E-state index in [9.17, 15) is 0 Å². The lowest BCUT2D eigenvalue weighted by molar-refractivity contribution is -0.0318. The topological polar surface area (TPSA) is 58.1 Å². The standard InChI is InChI=1S/C22H42N4O2.HI/c1-2-23-22(24-13-6-16-28-21-11-17-27-18-12-21)25-19-9-14-26(15-10-19)20-7-4-3-5-8-20;/h19-21H,2-18H2,1H3,(H2,23,24,25);1H. The van der Waals surface area contributed by atoms with E-state index >= 15 is 0 Å². The zero-order valence-corrected chi connectivity index (χ0v) is 20.7. The second kappa shape index (κ2) is 14.8. The second-order valence-electron chi connectivity index (χ2n) is 8.54. The molecule has 0 aromatic rings. The minimum absolute atomic E-state index is 0.